The van der Waals surface area contributed by atoms with Crippen LogP contribution in [-0.2, 0) is 11.2 Å². The molecule has 3 aromatic rings. The van der Waals surface area contributed by atoms with Crippen LogP contribution >= 0.6 is 0 Å². The maximum atomic E-state index is 10.6. The van der Waals surface area contributed by atoms with E-state index in [0.29, 0.717) is 5.88 Å². The summed E-state index contributed by atoms with van der Waals surface area (Å²) in [6.45, 7) is 4.16. The molecule has 35 heavy (non-hydrogen) atoms. The van der Waals surface area contributed by atoms with Gasteiger partial charge in [-0.25, -0.2) is 9.48 Å². The fourth-order valence-electron chi connectivity index (χ4n) is 3.67. The van der Waals surface area contributed by atoms with E-state index in [2.05, 4.69) is 54.7 Å². The van der Waals surface area contributed by atoms with Crippen LogP contribution in [-0.4, -0.2) is 53.3 Å². The number of carboxylic acid groups (broad SMARTS) is 1. The van der Waals surface area contributed by atoms with Crippen LogP contribution in [0.25, 0.3) is 16.9 Å². The van der Waals surface area contributed by atoms with Crippen molar-refractivity contribution in [2.45, 2.75) is 38.5 Å². The standard InChI is InChI=1S/C23H27N3O2.C2HF3O2/c1-3-17-6-4-5-7-21(17)26-22(18-8-10-19(27-2)11-9-18)16-23(25-26)28-20-12-14-24-15-13-20;3-2(4,5)1(6)7/h4-11,16,20,24H,3,12-15H2,1-2H3;(H,6,7). The first kappa shape index (κ1) is 26.1. The Morgan fingerprint density at radius 3 is 2.34 bits per heavy atom. The van der Waals surface area contributed by atoms with Crippen LogP contribution in [0.3, 0.4) is 0 Å². The second kappa shape index (κ2) is 11.7. The summed E-state index contributed by atoms with van der Waals surface area (Å²) in [5, 5.41) is 15.3. The highest BCUT2D eigenvalue weighted by molar-refractivity contribution is 5.73. The Morgan fingerprint density at radius 2 is 1.77 bits per heavy atom. The SMILES string of the molecule is CCc1ccccc1-n1nc(OC2CCNCC2)cc1-c1ccc(OC)cc1.O=C(O)C(F)(F)F. The summed E-state index contributed by atoms with van der Waals surface area (Å²) in [7, 11) is 1.68. The fraction of sp³-hybridized carbons (Fsp3) is 0.360. The van der Waals surface area contributed by atoms with Gasteiger partial charge in [-0.1, -0.05) is 25.1 Å². The average molecular weight is 492 g/mol. The number of halogens is 3. The molecular formula is C25H28F3N3O4. The zero-order valence-electron chi connectivity index (χ0n) is 19.5. The molecule has 188 valence electrons. The number of hydrogen-bond donors (Lipinski definition) is 2. The number of hydrogen-bond acceptors (Lipinski definition) is 5. The van der Waals surface area contributed by atoms with Gasteiger partial charge in [0, 0.05) is 11.6 Å². The maximum absolute atomic E-state index is 10.6. The largest absolute Gasteiger partial charge is 0.497 e. The van der Waals surface area contributed by atoms with Gasteiger partial charge in [0.15, 0.2) is 0 Å². The highest BCUT2D eigenvalue weighted by atomic mass is 19.4. The molecule has 0 amide bonds. The summed E-state index contributed by atoms with van der Waals surface area (Å²) in [5.74, 6) is -1.23. The number of rotatable bonds is 6. The van der Waals surface area contributed by atoms with E-state index in [1.54, 1.807) is 7.11 Å². The second-order valence-electron chi connectivity index (χ2n) is 7.86. The minimum Gasteiger partial charge on any atom is -0.497 e. The monoisotopic (exact) mass is 491 g/mol. The van der Waals surface area contributed by atoms with Gasteiger partial charge in [0.05, 0.1) is 18.5 Å². The Hall–Kier alpha value is -3.53. The molecule has 0 saturated carbocycles. The number of benzene rings is 2. The summed E-state index contributed by atoms with van der Waals surface area (Å²) in [6.07, 6.45) is -1.90. The Morgan fingerprint density at radius 1 is 1.14 bits per heavy atom. The molecule has 7 nitrogen and oxygen atoms in total. The van der Waals surface area contributed by atoms with Crippen LogP contribution in [0.15, 0.2) is 54.6 Å². The van der Waals surface area contributed by atoms with E-state index in [1.807, 2.05) is 16.8 Å². The van der Waals surface area contributed by atoms with Crippen molar-refractivity contribution in [3.05, 3.63) is 60.2 Å². The van der Waals surface area contributed by atoms with E-state index in [9.17, 15) is 13.2 Å². The summed E-state index contributed by atoms with van der Waals surface area (Å²) < 4.78 is 45.3. The van der Waals surface area contributed by atoms with E-state index in [-0.39, 0.29) is 6.10 Å². The zero-order chi connectivity index (χ0) is 25.4. The van der Waals surface area contributed by atoms with Crippen molar-refractivity contribution in [2.75, 3.05) is 20.2 Å². The number of nitrogens with one attached hydrogen (secondary N) is 1. The molecule has 1 aromatic heterocycles. The Bertz CT molecular complexity index is 1110. The molecule has 0 bridgehead atoms. The number of aromatic nitrogens is 2. The molecule has 0 spiro atoms. The molecule has 0 radical (unpaired) electrons. The number of alkyl halides is 3. The van der Waals surface area contributed by atoms with Crippen LogP contribution in [0.4, 0.5) is 13.2 Å². The first-order chi connectivity index (χ1) is 16.7. The van der Waals surface area contributed by atoms with Crippen molar-refractivity contribution >= 4 is 5.97 Å². The molecule has 2 N–H and O–H groups in total. The minimum atomic E-state index is -5.08. The van der Waals surface area contributed by atoms with Crippen molar-refractivity contribution in [3.8, 4) is 28.6 Å². The topological polar surface area (TPSA) is 85.6 Å². The number of carbonyl (C=O) groups is 1. The Balaban J connectivity index is 0.000000429. The number of carboxylic acids is 1. The lowest BCUT2D eigenvalue weighted by Crippen LogP contribution is -2.34. The van der Waals surface area contributed by atoms with E-state index in [1.165, 1.54) is 5.56 Å². The third kappa shape index (κ3) is 6.98. The molecule has 10 heteroatoms. The van der Waals surface area contributed by atoms with Gasteiger partial charge in [0.25, 0.3) is 0 Å². The number of ether oxygens (including phenoxy) is 2. The Labute approximate surface area is 201 Å². The molecule has 1 saturated heterocycles. The lowest BCUT2D eigenvalue weighted by Gasteiger charge is -2.22. The first-order valence-corrected chi connectivity index (χ1v) is 11.2. The van der Waals surface area contributed by atoms with Gasteiger partial charge in [-0.3, -0.25) is 0 Å². The first-order valence-electron chi connectivity index (χ1n) is 11.2. The molecule has 1 aliphatic heterocycles. The van der Waals surface area contributed by atoms with Crippen molar-refractivity contribution < 1.29 is 32.5 Å². The number of nitrogens with zero attached hydrogens (tertiary/aromatic N) is 2. The molecule has 4 rings (SSSR count). The highest BCUT2D eigenvalue weighted by Gasteiger charge is 2.38. The van der Waals surface area contributed by atoms with Crippen molar-refractivity contribution in [3.63, 3.8) is 0 Å². The number of piperidine rings is 1. The van der Waals surface area contributed by atoms with Crippen molar-refractivity contribution in [1.82, 2.24) is 15.1 Å². The van der Waals surface area contributed by atoms with Gasteiger partial charge in [-0.05, 0) is 68.2 Å². The van der Waals surface area contributed by atoms with E-state index in [4.69, 9.17) is 24.5 Å². The molecule has 2 heterocycles. The average Bonchev–Trinajstić information content (AvgIpc) is 3.28. The maximum Gasteiger partial charge on any atom is 0.490 e. The predicted octanol–water partition coefficient (Wildman–Crippen LogP) is 4.87. The zero-order valence-corrected chi connectivity index (χ0v) is 19.5. The van der Waals surface area contributed by atoms with Crippen LogP contribution in [0.5, 0.6) is 11.6 Å². The Kier molecular flexibility index (Phi) is 8.75. The predicted molar refractivity (Wildman–Crippen MR) is 125 cm³/mol. The molecule has 0 unspecified atom stereocenters. The highest BCUT2D eigenvalue weighted by Crippen LogP contribution is 2.30. The van der Waals surface area contributed by atoms with Gasteiger partial charge in [0.1, 0.15) is 11.9 Å². The molecule has 0 aliphatic carbocycles. The number of para-hydroxylation sites is 1. The van der Waals surface area contributed by atoms with E-state index >= 15 is 0 Å². The van der Waals surface area contributed by atoms with E-state index in [0.717, 1.165) is 55.0 Å². The molecule has 0 atom stereocenters. The van der Waals surface area contributed by atoms with Gasteiger partial charge >= 0.3 is 12.1 Å². The molecular weight excluding hydrogens is 463 g/mol. The van der Waals surface area contributed by atoms with Gasteiger partial charge in [0.2, 0.25) is 5.88 Å². The number of methoxy groups -OCH3 is 1. The smallest absolute Gasteiger partial charge is 0.490 e. The normalized spacial score (nSPS) is 14.1. The lowest BCUT2D eigenvalue weighted by molar-refractivity contribution is -0.192. The molecule has 1 fully saturated rings. The summed E-state index contributed by atoms with van der Waals surface area (Å²) in [5.41, 5.74) is 4.46. The van der Waals surface area contributed by atoms with Crippen LogP contribution in [0.2, 0.25) is 0 Å². The van der Waals surface area contributed by atoms with E-state index < -0.39 is 12.1 Å². The van der Waals surface area contributed by atoms with Crippen molar-refractivity contribution in [1.29, 1.82) is 0 Å². The molecule has 1 aliphatic rings. The summed E-state index contributed by atoms with van der Waals surface area (Å²) in [4.78, 5) is 8.90. The van der Waals surface area contributed by atoms with Crippen LogP contribution in [0, 0.1) is 0 Å². The number of aliphatic carboxylic acids is 1. The quantitative estimate of drug-likeness (QED) is 0.512. The summed E-state index contributed by atoms with van der Waals surface area (Å²) in [6, 6.07) is 18.5. The minimum absolute atomic E-state index is 0.217. The third-order valence-electron chi connectivity index (χ3n) is 5.49. The van der Waals surface area contributed by atoms with Gasteiger partial charge in [-0.15, -0.1) is 5.10 Å². The van der Waals surface area contributed by atoms with Gasteiger partial charge in [-0.2, -0.15) is 13.2 Å². The third-order valence-corrected chi connectivity index (χ3v) is 5.49. The van der Waals surface area contributed by atoms with Crippen molar-refractivity contribution in [2.24, 2.45) is 0 Å². The van der Waals surface area contributed by atoms with Crippen LogP contribution < -0.4 is 14.8 Å². The summed E-state index contributed by atoms with van der Waals surface area (Å²) >= 11 is 0. The number of aryl methyl sites for hydroxylation is 1. The second-order valence-corrected chi connectivity index (χ2v) is 7.86. The van der Waals surface area contributed by atoms with Crippen LogP contribution in [0.1, 0.15) is 25.3 Å². The fourth-order valence-corrected chi connectivity index (χ4v) is 3.67. The molecule has 2 aromatic carbocycles. The van der Waals surface area contributed by atoms with Gasteiger partial charge < -0.3 is 19.9 Å². The lowest BCUT2D eigenvalue weighted by atomic mass is 10.1.